The van der Waals surface area contributed by atoms with Gasteiger partial charge in [0.05, 0.1) is 25.4 Å². The summed E-state index contributed by atoms with van der Waals surface area (Å²) >= 11 is 0. The summed E-state index contributed by atoms with van der Waals surface area (Å²) in [6.45, 7) is 10.9. The van der Waals surface area contributed by atoms with Crippen molar-refractivity contribution in [1.82, 2.24) is 4.90 Å². The smallest absolute Gasteiger partial charge is 0.378 e. The lowest BCUT2D eigenvalue weighted by Crippen LogP contribution is -2.62. The van der Waals surface area contributed by atoms with Crippen molar-refractivity contribution in [2.75, 3.05) is 32.8 Å². The van der Waals surface area contributed by atoms with Crippen molar-refractivity contribution in [3.63, 3.8) is 0 Å². The molecule has 2 aliphatic heterocycles. The second-order valence-electron chi connectivity index (χ2n) is 13.0. The molecule has 1 unspecified atom stereocenters. The summed E-state index contributed by atoms with van der Waals surface area (Å²) < 4.78 is 57.4. The van der Waals surface area contributed by atoms with Crippen LogP contribution < -0.4 is 0 Å². The van der Waals surface area contributed by atoms with Crippen LogP contribution in [0.25, 0.3) is 0 Å². The molecule has 3 saturated carbocycles. The van der Waals surface area contributed by atoms with Crippen LogP contribution in [-0.4, -0.2) is 62.4 Å². The molecule has 0 bridgehead atoms. The highest BCUT2D eigenvalue weighted by atomic mass is 19.4. The molecule has 5 rings (SSSR count). The molecule has 2 saturated heterocycles. The van der Waals surface area contributed by atoms with Gasteiger partial charge in [0.15, 0.2) is 6.29 Å². The molecule has 206 valence electrons. The van der Waals surface area contributed by atoms with Gasteiger partial charge in [0.1, 0.15) is 0 Å². The van der Waals surface area contributed by atoms with Gasteiger partial charge in [-0.2, -0.15) is 13.2 Å². The van der Waals surface area contributed by atoms with Crippen molar-refractivity contribution in [2.24, 2.45) is 28.6 Å². The molecule has 4 nitrogen and oxygen atoms in total. The number of likely N-dealkylation sites (tertiary alicyclic amines) is 1. The molecular weight excluding hydrogens is 467 g/mol. The second-order valence-corrected chi connectivity index (χ2v) is 13.0. The fourth-order valence-electron chi connectivity index (χ4n) is 8.70. The quantitative estimate of drug-likeness (QED) is 0.368. The van der Waals surface area contributed by atoms with Crippen LogP contribution in [0.4, 0.5) is 13.2 Å². The molecule has 0 spiro atoms. The third kappa shape index (κ3) is 5.41. The van der Waals surface area contributed by atoms with Crippen LogP contribution in [-0.2, 0) is 14.2 Å². The first-order valence-corrected chi connectivity index (χ1v) is 14.4. The van der Waals surface area contributed by atoms with Gasteiger partial charge < -0.3 is 14.2 Å². The minimum absolute atomic E-state index is 0.0137. The molecule has 5 aliphatic rings. The summed E-state index contributed by atoms with van der Waals surface area (Å²) in [6, 6.07) is 0. The maximum Gasteiger partial charge on any atom is 0.401 e. The number of alkyl halides is 3. The van der Waals surface area contributed by atoms with E-state index >= 15 is 0 Å². The average molecular weight is 514 g/mol. The number of hydrogen-bond donors (Lipinski definition) is 0. The number of halogens is 3. The van der Waals surface area contributed by atoms with E-state index in [4.69, 9.17) is 14.2 Å². The van der Waals surface area contributed by atoms with Crippen LogP contribution in [0, 0.1) is 28.6 Å². The van der Waals surface area contributed by atoms with Crippen LogP contribution in [0.1, 0.15) is 84.5 Å². The zero-order valence-corrected chi connectivity index (χ0v) is 22.3. The first-order valence-electron chi connectivity index (χ1n) is 14.4. The molecule has 0 radical (unpaired) electrons. The maximum absolute atomic E-state index is 12.7. The SMILES string of the molecule is C=C1CCC2[C@]3(C)CO[C@@H](C4CCCC4)O[C@@H]3CC[C@@]2(C)[C@@H]1CCOC1CCN(CC(F)(F)F)CC1. The van der Waals surface area contributed by atoms with Crippen LogP contribution in [0.15, 0.2) is 12.2 Å². The van der Waals surface area contributed by atoms with E-state index in [9.17, 15) is 13.2 Å². The minimum Gasteiger partial charge on any atom is -0.378 e. The topological polar surface area (TPSA) is 30.9 Å². The van der Waals surface area contributed by atoms with E-state index in [1.54, 1.807) is 0 Å². The highest BCUT2D eigenvalue weighted by Crippen LogP contribution is 2.63. The first-order chi connectivity index (χ1) is 17.1. The Morgan fingerprint density at radius 1 is 1.03 bits per heavy atom. The number of ether oxygens (including phenoxy) is 3. The van der Waals surface area contributed by atoms with E-state index in [0.717, 1.165) is 38.7 Å². The Labute approximate surface area is 215 Å². The Hall–Kier alpha value is -0.630. The Kier molecular flexibility index (Phi) is 7.86. The summed E-state index contributed by atoms with van der Waals surface area (Å²) in [5.74, 6) is 1.51. The van der Waals surface area contributed by atoms with E-state index in [0.29, 0.717) is 50.3 Å². The van der Waals surface area contributed by atoms with Gasteiger partial charge >= 0.3 is 6.18 Å². The van der Waals surface area contributed by atoms with Crippen molar-refractivity contribution in [3.05, 3.63) is 12.2 Å². The van der Waals surface area contributed by atoms with E-state index < -0.39 is 12.7 Å². The van der Waals surface area contributed by atoms with E-state index in [2.05, 4.69) is 20.4 Å². The molecule has 0 aromatic rings. The number of fused-ring (bicyclic) bond motifs is 3. The maximum atomic E-state index is 12.7. The molecule has 7 heteroatoms. The van der Waals surface area contributed by atoms with Crippen molar-refractivity contribution < 1.29 is 27.4 Å². The van der Waals surface area contributed by atoms with Gasteiger partial charge in [-0.05, 0) is 75.0 Å². The second kappa shape index (κ2) is 10.5. The summed E-state index contributed by atoms with van der Waals surface area (Å²) in [4.78, 5) is 1.50. The lowest BCUT2D eigenvalue weighted by Gasteiger charge is -2.63. The first kappa shape index (κ1) is 27.0. The number of allylic oxidation sites excluding steroid dienone is 1. The van der Waals surface area contributed by atoms with Crippen molar-refractivity contribution in [2.45, 2.75) is 109 Å². The fraction of sp³-hybridized carbons (Fsp3) is 0.931. The summed E-state index contributed by atoms with van der Waals surface area (Å²) in [5, 5.41) is 0. The van der Waals surface area contributed by atoms with Gasteiger partial charge in [0.25, 0.3) is 0 Å². The highest BCUT2D eigenvalue weighted by molar-refractivity contribution is 5.18. The van der Waals surface area contributed by atoms with Gasteiger partial charge in [-0.3, -0.25) is 4.90 Å². The molecule has 5 fully saturated rings. The largest absolute Gasteiger partial charge is 0.401 e. The molecule has 0 N–H and O–H groups in total. The molecule has 0 aromatic heterocycles. The number of rotatable bonds is 6. The van der Waals surface area contributed by atoms with Crippen molar-refractivity contribution in [3.8, 4) is 0 Å². The molecule has 2 heterocycles. The van der Waals surface area contributed by atoms with Gasteiger partial charge in [-0.15, -0.1) is 0 Å². The predicted octanol–water partition coefficient (Wildman–Crippen LogP) is 6.74. The fourth-order valence-corrected chi connectivity index (χ4v) is 8.70. The van der Waals surface area contributed by atoms with Crippen molar-refractivity contribution in [1.29, 1.82) is 0 Å². The van der Waals surface area contributed by atoms with E-state index in [1.807, 2.05) is 0 Å². The van der Waals surface area contributed by atoms with Crippen LogP contribution in [0.5, 0.6) is 0 Å². The van der Waals surface area contributed by atoms with Crippen LogP contribution in [0.3, 0.4) is 0 Å². The number of hydrogen-bond acceptors (Lipinski definition) is 4. The predicted molar refractivity (Wildman–Crippen MR) is 133 cm³/mol. The summed E-state index contributed by atoms with van der Waals surface area (Å²) in [5.41, 5.74) is 1.54. The zero-order chi connectivity index (χ0) is 25.6. The van der Waals surface area contributed by atoms with Gasteiger partial charge in [0.2, 0.25) is 0 Å². The van der Waals surface area contributed by atoms with E-state index in [1.165, 1.54) is 36.2 Å². The third-order valence-corrected chi connectivity index (χ3v) is 10.7. The Bertz CT molecular complexity index is 776. The minimum atomic E-state index is -4.12. The zero-order valence-electron chi connectivity index (χ0n) is 22.3. The Balaban J connectivity index is 1.16. The molecule has 0 amide bonds. The van der Waals surface area contributed by atoms with Gasteiger partial charge in [0, 0.05) is 31.0 Å². The van der Waals surface area contributed by atoms with Crippen molar-refractivity contribution >= 4 is 0 Å². The molecule has 36 heavy (non-hydrogen) atoms. The monoisotopic (exact) mass is 513 g/mol. The number of nitrogens with zero attached hydrogens (tertiary/aromatic N) is 1. The standard InChI is InChI=1S/C29H46F3NO3/c1-20-8-9-24-27(2,14-10-25-28(24,3)19-35-26(36-25)21-6-4-5-7-21)23(20)13-17-34-22-11-15-33(16-12-22)18-29(30,31)32/h21-26H,1,4-19H2,2-3H3/t23-,24?,25-,26-,27+,28+/m1/s1. The highest BCUT2D eigenvalue weighted by Gasteiger charge is 2.60. The van der Waals surface area contributed by atoms with Crippen LogP contribution >= 0.6 is 0 Å². The Morgan fingerprint density at radius 2 is 1.75 bits per heavy atom. The van der Waals surface area contributed by atoms with E-state index in [-0.39, 0.29) is 29.3 Å². The summed E-state index contributed by atoms with van der Waals surface area (Å²) in [6.07, 6.45) is 8.01. The average Bonchev–Trinajstić information content (AvgIpc) is 3.35. The summed E-state index contributed by atoms with van der Waals surface area (Å²) in [7, 11) is 0. The van der Waals surface area contributed by atoms with Crippen LogP contribution in [0.2, 0.25) is 0 Å². The molecule has 6 atom stereocenters. The van der Waals surface area contributed by atoms with Gasteiger partial charge in [-0.1, -0.05) is 38.8 Å². The lowest BCUT2D eigenvalue weighted by molar-refractivity contribution is -0.316. The molecule has 3 aliphatic carbocycles. The normalized spacial score (nSPS) is 41.3. The van der Waals surface area contributed by atoms with Gasteiger partial charge in [-0.25, -0.2) is 0 Å². The molecule has 0 aromatic carbocycles. The molecular formula is C29H46F3NO3. The lowest BCUT2D eigenvalue weighted by atomic mass is 9.46. The Morgan fingerprint density at radius 3 is 2.44 bits per heavy atom. The third-order valence-electron chi connectivity index (χ3n) is 10.7. The number of piperidine rings is 1.